The number of benzene rings is 7. The first kappa shape index (κ1) is 16.0. The van der Waals surface area contributed by atoms with Crippen LogP contribution in [0.1, 0.15) is 0 Å². The number of hydrogen-bond donors (Lipinski definition) is 0. The monoisotopic (exact) mass is 510 g/mol. The van der Waals surface area contributed by atoms with Crippen molar-refractivity contribution in [2.45, 2.75) is 0 Å². The van der Waals surface area contributed by atoms with Gasteiger partial charge in [0.15, 0.2) is 16.7 Å². The molecule has 162 valence electrons. The molecule has 0 unspecified atom stereocenters. The molecule has 7 aromatic carbocycles. The van der Waals surface area contributed by atoms with Gasteiger partial charge in [-0.1, -0.05) is 0 Å². The van der Waals surface area contributed by atoms with E-state index in [2.05, 4.69) is 16.1 Å². The SMILES string of the molecule is c1oc2c3scc4c5coc6c7scc8c9coc%10c%11scc%12c1c2c1c(c43)c(c56)c(c87)c(c9%10)c1c%12%11. The Bertz CT molecular complexity index is 2310. The van der Waals surface area contributed by atoms with Gasteiger partial charge in [0.25, 0.3) is 0 Å². The molecular formula is C30H6O3S3. The highest BCUT2D eigenvalue weighted by Gasteiger charge is 2.34. The van der Waals surface area contributed by atoms with Gasteiger partial charge >= 0.3 is 0 Å². The van der Waals surface area contributed by atoms with E-state index >= 15 is 0 Å². The van der Waals surface area contributed by atoms with Crippen LogP contribution in [0.3, 0.4) is 0 Å². The smallest absolute Gasteiger partial charge is 0.152 e. The van der Waals surface area contributed by atoms with Crippen molar-refractivity contribution < 1.29 is 13.3 Å². The van der Waals surface area contributed by atoms with Gasteiger partial charge < -0.3 is 13.3 Å². The molecule has 6 heteroatoms. The molecule has 0 spiro atoms. The molecule has 0 saturated carbocycles. The van der Waals surface area contributed by atoms with Gasteiger partial charge in [-0.15, -0.1) is 34.0 Å². The third kappa shape index (κ3) is 1.20. The Morgan fingerprint density at radius 3 is 0.972 bits per heavy atom. The maximum Gasteiger partial charge on any atom is 0.152 e. The van der Waals surface area contributed by atoms with Gasteiger partial charge in [0, 0.05) is 113 Å². The van der Waals surface area contributed by atoms with E-state index in [1.54, 1.807) is 34.0 Å². The quantitative estimate of drug-likeness (QED) is 0.150. The summed E-state index contributed by atoms with van der Waals surface area (Å²) in [5.74, 6) is 0. The molecule has 0 bridgehead atoms. The molecule has 0 N–H and O–H groups in total. The summed E-state index contributed by atoms with van der Waals surface area (Å²) in [7, 11) is 0. The summed E-state index contributed by atoms with van der Waals surface area (Å²) in [6, 6.07) is 0. The van der Waals surface area contributed by atoms with Crippen LogP contribution in [0.15, 0.2) is 48.2 Å². The summed E-state index contributed by atoms with van der Waals surface area (Å²) < 4.78 is 23.0. The van der Waals surface area contributed by atoms with E-state index < -0.39 is 0 Å². The average Bonchev–Trinajstić information content (AvgIpc) is 3.70. The van der Waals surface area contributed by atoms with Gasteiger partial charge in [0.2, 0.25) is 0 Å². The van der Waals surface area contributed by atoms with Crippen LogP contribution in [0.4, 0.5) is 0 Å². The molecule has 0 atom stereocenters. The van der Waals surface area contributed by atoms with Crippen molar-refractivity contribution in [1.29, 1.82) is 0 Å². The topological polar surface area (TPSA) is 39.4 Å². The lowest BCUT2D eigenvalue weighted by atomic mass is 9.79. The summed E-state index contributed by atoms with van der Waals surface area (Å²) in [5, 5.41) is 30.5. The lowest BCUT2D eigenvalue weighted by Crippen LogP contribution is -1.93. The van der Waals surface area contributed by atoms with Crippen LogP contribution in [0.5, 0.6) is 0 Å². The molecule has 0 amide bonds. The summed E-state index contributed by atoms with van der Waals surface area (Å²) in [4.78, 5) is 0. The number of furan rings is 3. The molecule has 0 aliphatic heterocycles. The maximum atomic E-state index is 6.42. The van der Waals surface area contributed by atoms with Crippen molar-refractivity contribution in [3.63, 3.8) is 0 Å². The normalized spacial score (nSPS) is 14.7. The Morgan fingerprint density at radius 2 is 0.639 bits per heavy atom. The van der Waals surface area contributed by atoms with Crippen LogP contribution in [0.2, 0.25) is 0 Å². The number of rotatable bonds is 0. The molecule has 3 nitrogen and oxygen atoms in total. The number of fused-ring (bicyclic) bond motifs is 6. The van der Waals surface area contributed by atoms with Crippen LogP contribution < -0.4 is 0 Å². The second-order valence-electron chi connectivity index (χ2n) is 10.4. The lowest BCUT2D eigenvalue weighted by Gasteiger charge is -2.21. The molecule has 13 aromatic rings. The minimum absolute atomic E-state index is 1.03. The van der Waals surface area contributed by atoms with Crippen LogP contribution in [-0.4, -0.2) is 0 Å². The third-order valence-corrected chi connectivity index (χ3v) is 12.2. The fourth-order valence-electron chi connectivity index (χ4n) is 8.08. The van der Waals surface area contributed by atoms with Crippen LogP contribution in [0, 0.1) is 0 Å². The Morgan fingerprint density at radius 1 is 0.333 bits per heavy atom. The predicted molar refractivity (Wildman–Crippen MR) is 154 cm³/mol. The average molecular weight is 511 g/mol. The van der Waals surface area contributed by atoms with Crippen molar-refractivity contribution in [3.05, 3.63) is 34.9 Å². The fourth-order valence-corrected chi connectivity index (χ4v) is 11.3. The fraction of sp³-hybridized carbons (Fsp3) is 0. The Hall–Kier alpha value is -3.84. The third-order valence-electron chi connectivity index (χ3n) is 9.24. The second-order valence-corrected chi connectivity index (χ2v) is 13.0. The van der Waals surface area contributed by atoms with Crippen LogP contribution in [-0.2, 0) is 0 Å². The van der Waals surface area contributed by atoms with Crippen LogP contribution >= 0.6 is 34.0 Å². The van der Waals surface area contributed by atoms with Crippen LogP contribution in [0.25, 0.3) is 128 Å². The Labute approximate surface area is 209 Å². The molecule has 0 aliphatic rings. The van der Waals surface area contributed by atoms with Crippen molar-refractivity contribution in [2.75, 3.05) is 0 Å². The van der Waals surface area contributed by atoms with E-state index in [1.807, 2.05) is 18.8 Å². The number of hydrogen-bond acceptors (Lipinski definition) is 6. The minimum Gasteiger partial charge on any atom is -0.462 e. The van der Waals surface area contributed by atoms with Gasteiger partial charge in [-0.05, 0) is 0 Å². The molecule has 0 fully saturated rings. The first-order chi connectivity index (χ1) is 17.9. The van der Waals surface area contributed by atoms with E-state index in [-0.39, 0.29) is 0 Å². The van der Waals surface area contributed by atoms with Gasteiger partial charge in [0.05, 0.1) is 32.9 Å². The zero-order valence-corrected chi connectivity index (χ0v) is 20.4. The molecule has 0 aliphatic carbocycles. The highest BCUT2D eigenvalue weighted by molar-refractivity contribution is 7.21. The first-order valence-electron chi connectivity index (χ1n) is 11.9. The van der Waals surface area contributed by atoms with E-state index in [0.29, 0.717) is 0 Å². The lowest BCUT2D eigenvalue weighted by molar-refractivity contribution is 0.623. The van der Waals surface area contributed by atoms with E-state index in [4.69, 9.17) is 13.3 Å². The molecule has 13 rings (SSSR count). The molecule has 6 heterocycles. The van der Waals surface area contributed by atoms with E-state index in [9.17, 15) is 0 Å². The molecule has 6 aromatic heterocycles. The Kier molecular flexibility index (Phi) is 1.96. The predicted octanol–water partition coefficient (Wildman–Crippen LogP) is 11.1. The highest BCUT2D eigenvalue weighted by Crippen LogP contribution is 2.62. The summed E-state index contributed by atoms with van der Waals surface area (Å²) in [5.41, 5.74) is 3.08. The zero-order valence-electron chi connectivity index (χ0n) is 17.9. The summed E-state index contributed by atoms with van der Waals surface area (Å²) in [6.07, 6.45) is 5.97. The largest absolute Gasteiger partial charge is 0.462 e. The minimum atomic E-state index is 1.03. The highest BCUT2D eigenvalue weighted by atomic mass is 32.1. The second kappa shape index (κ2) is 4.41. The molecular weight excluding hydrogens is 505 g/mol. The van der Waals surface area contributed by atoms with Gasteiger partial charge in [-0.3, -0.25) is 0 Å². The van der Waals surface area contributed by atoms with E-state index in [1.165, 1.54) is 111 Å². The van der Waals surface area contributed by atoms with Crippen molar-refractivity contribution >= 4 is 162 Å². The van der Waals surface area contributed by atoms with Crippen molar-refractivity contribution in [2.24, 2.45) is 0 Å². The summed E-state index contributed by atoms with van der Waals surface area (Å²) >= 11 is 5.41. The molecule has 0 radical (unpaired) electrons. The maximum absolute atomic E-state index is 6.42. The van der Waals surface area contributed by atoms with Crippen molar-refractivity contribution in [1.82, 2.24) is 0 Å². The van der Waals surface area contributed by atoms with E-state index in [0.717, 1.165) is 16.7 Å². The standard InChI is InChI=1S/C30H6O3S3/c1-7-10-4-34-29-16(10)22-19-13(7)25(31-1)28-17-11(5-35-28)8-2-33-27-15(8)21(23(17)19)24-18-12(6-36-30(18)27)9-3-32-26(29)14(9)20(22)24/h1-6H. The first-order valence-corrected chi connectivity index (χ1v) is 14.5. The van der Waals surface area contributed by atoms with Gasteiger partial charge in [-0.25, -0.2) is 0 Å². The summed E-state index contributed by atoms with van der Waals surface area (Å²) in [6.45, 7) is 0. The zero-order chi connectivity index (χ0) is 22.3. The van der Waals surface area contributed by atoms with Gasteiger partial charge in [-0.2, -0.15) is 0 Å². The van der Waals surface area contributed by atoms with Crippen molar-refractivity contribution in [3.8, 4) is 0 Å². The molecule has 36 heavy (non-hydrogen) atoms. The number of thiophene rings is 3. The Balaban J connectivity index is 1.68. The molecule has 0 saturated heterocycles. The van der Waals surface area contributed by atoms with Gasteiger partial charge in [0.1, 0.15) is 0 Å².